The van der Waals surface area contributed by atoms with Gasteiger partial charge in [0.05, 0.1) is 5.69 Å². The van der Waals surface area contributed by atoms with E-state index in [1.54, 1.807) is 18.2 Å². The topological polar surface area (TPSA) is 73.4 Å². The van der Waals surface area contributed by atoms with Gasteiger partial charge in [-0.3, -0.25) is 10.2 Å². The van der Waals surface area contributed by atoms with Crippen molar-refractivity contribution in [3.8, 4) is 0 Å². The molecule has 0 radical (unpaired) electrons. The Morgan fingerprint density at radius 1 is 0.933 bits per heavy atom. The van der Waals surface area contributed by atoms with Crippen molar-refractivity contribution >= 4 is 23.4 Å². The van der Waals surface area contributed by atoms with E-state index in [0.29, 0.717) is 5.82 Å². The van der Waals surface area contributed by atoms with E-state index in [9.17, 15) is 9.18 Å². The molecule has 0 bridgehead atoms. The average molecular weight is 406 g/mol. The molecule has 0 aliphatic carbocycles. The molecule has 2 aromatic carbocycles. The Kier molecular flexibility index (Phi) is 6.14. The minimum Gasteiger partial charge on any atom is -0.354 e. The zero-order valence-corrected chi connectivity index (χ0v) is 16.5. The van der Waals surface area contributed by atoms with Crippen LogP contribution in [0.4, 0.5) is 26.5 Å². The van der Waals surface area contributed by atoms with Crippen molar-refractivity contribution in [2.45, 2.75) is 6.54 Å². The number of amides is 2. The predicted octanol–water partition coefficient (Wildman–Crippen LogP) is 3.58. The normalized spacial score (nSPS) is 14.4. The molecule has 2 N–H and O–H groups in total. The molecule has 0 atom stereocenters. The van der Waals surface area contributed by atoms with Gasteiger partial charge < -0.3 is 10.2 Å². The summed E-state index contributed by atoms with van der Waals surface area (Å²) in [6.07, 6.45) is 1.42. The lowest BCUT2D eigenvalue weighted by molar-refractivity contribution is 0.249. The van der Waals surface area contributed by atoms with Gasteiger partial charge in [-0.1, -0.05) is 42.5 Å². The van der Waals surface area contributed by atoms with Crippen LogP contribution >= 0.6 is 0 Å². The average Bonchev–Trinajstić information content (AvgIpc) is 2.77. The quantitative estimate of drug-likeness (QED) is 0.678. The minimum atomic E-state index is -0.558. The number of rotatable bonds is 5. The summed E-state index contributed by atoms with van der Waals surface area (Å²) in [4.78, 5) is 25.2. The number of hydrogen-bond acceptors (Lipinski definition) is 5. The molecule has 3 aromatic rings. The summed E-state index contributed by atoms with van der Waals surface area (Å²) in [6.45, 7) is 4.46. The molecule has 1 aliphatic rings. The summed E-state index contributed by atoms with van der Waals surface area (Å²) in [6, 6.07) is 17.6. The summed E-state index contributed by atoms with van der Waals surface area (Å²) >= 11 is 0. The van der Waals surface area contributed by atoms with Gasteiger partial charge >= 0.3 is 6.03 Å². The molecule has 1 saturated heterocycles. The number of halogens is 1. The van der Waals surface area contributed by atoms with E-state index in [2.05, 4.69) is 54.7 Å². The number of urea groups is 1. The van der Waals surface area contributed by atoms with Crippen molar-refractivity contribution in [1.29, 1.82) is 0 Å². The first-order valence-electron chi connectivity index (χ1n) is 9.83. The van der Waals surface area contributed by atoms with Gasteiger partial charge in [-0.05, 0) is 17.7 Å². The fourth-order valence-electron chi connectivity index (χ4n) is 3.40. The van der Waals surface area contributed by atoms with Crippen molar-refractivity contribution in [2.75, 3.05) is 41.7 Å². The van der Waals surface area contributed by atoms with Crippen LogP contribution in [0, 0.1) is 5.82 Å². The largest absolute Gasteiger partial charge is 0.354 e. The third kappa shape index (κ3) is 5.09. The molecular formula is C22H23FN6O. The molecule has 8 heteroatoms. The van der Waals surface area contributed by atoms with Gasteiger partial charge in [0.2, 0.25) is 0 Å². The standard InChI is InChI=1S/C22H23FN6O/c23-18-8-4-5-9-19(18)26-22(30)27-20-14-21(25-16-24-20)29-12-10-28(11-13-29)15-17-6-2-1-3-7-17/h1-9,14,16H,10-13,15H2,(H2,24,25,26,27,30). The summed E-state index contributed by atoms with van der Waals surface area (Å²) in [7, 11) is 0. The summed E-state index contributed by atoms with van der Waals surface area (Å²) in [5.41, 5.74) is 1.42. The highest BCUT2D eigenvalue weighted by atomic mass is 19.1. The Morgan fingerprint density at radius 2 is 1.67 bits per heavy atom. The maximum atomic E-state index is 13.7. The van der Waals surface area contributed by atoms with E-state index in [0.717, 1.165) is 38.5 Å². The highest BCUT2D eigenvalue weighted by molar-refractivity contribution is 5.99. The number of anilines is 3. The van der Waals surface area contributed by atoms with E-state index in [1.807, 2.05) is 6.07 Å². The fraction of sp³-hybridized carbons (Fsp3) is 0.227. The van der Waals surface area contributed by atoms with Gasteiger partial charge in [0.15, 0.2) is 0 Å². The Bertz CT molecular complexity index is 992. The van der Waals surface area contributed by atoms with Crippen LogP contribution in [-0.2, 0) is 6.54 Å². The number of nitrogens with zero attached hydrogens (tertiary/aromatic N) is 4. The van der Waals surface area contributed by atoms with Crippen LogP contribution in [0.1, 0.15) is 5.56 Å². The van der Waals surface area contributed by atoms with Crippen LogP contribution in [0.25, 0.3) is 0 Å². The van der Waals surface area contributed by atoms with Crippen LogP contribution < -0.4 is 15.5 Å². The number of carbonyl (C=O) groups excluding carboxylic acids is 1. The van der Waals surface area contributed by atoms with Crippen LogP contribution in [0.3, 0.4) is 0 Å². The van der Waals surface area contributed by atoms with Gasteiger partial charge in [0.1, 0.15) is 23.8 Å². The first kappa shape index (κ1) is 19.8. The van der Waals surface area contributed by atoms with Gasteiger partial charge in [-0.2, -0.15) is 0 Å². The van der Waals surface area contributed by atoms with E-state index in [-0.39, 0.29) is 5.69 Å². The monoisotopic (exact) mass is 406 g/mol. The van der Waals surface area contributed by atoms with E-state index in [1.165, 1.54) is 24.0 Å². The van der Waals surface area contributed by atoms with E-state index < -0.39 is 11.8 Å². The lowest BCUT2D eigenvalue weighted by Gasteiger charge is -2.35. The summed E-state index contributed by atoms with van der Waals surface area (Å²) in [5, 5.41) is 5.11. The number of piperazine rings is 1. The molecule has 1 aromatic heterocycles. The maximum absolute atomic E-state index is 13.7. The first-order chi connectivity index (χ1) is 14.7. The molecule has 7 nitrogen and oxygen atoms in total. The minimum absolute atomic E-state index is 0.110. The van der Waals surface area contributed by atoms with E-state index in [4.69, 9.17) is 0 Å². The lowest BCUT2D eigenvalue weighted by Crippen LogP contribution is -2.46. The van der Waals surface area contributed by atoms with Gasteiger partial charge in [-0.25, -0.2) is 19.2 Å². The van der Waals surface area contributed by atoms with Gasteiger partial charge in [-0.15, -0.1) is 0 Å². The number of hydrogen-bond donors (Lipinski definition) is 2. The second-order valence-corrected chi connectivity index (χ2v) is 7.07. The molecule has 1 fully saturated rings. The molecule has 1 aliphatic heterocycles. The third-order valence-electron chi connectivity index (χ3n) is 4.96. The SMILES string of the molecule is O=C(Nc1cc(N2CCN(Cc3ccccc3)CC2)ncn1)Nc1ccccc1F. The molecule has 2 amide bonds. The Labute approximate surface area is 174 Å². The highest BCUT2D eigenvalue weighted by Crippen LogP contribution is 2.18. The van der Waals surface area contributed by atoms with Crippen molar-refractivity contribution < 1.29 is 9.18 Å². The van der Waals surface area contributed by atoms with Crippen molar-refractivity contribution in [3.05, 3.63) is 78.4 Å². The Hall–Kier alpha value is -3.52. The zero-order valence-electron chi connectivity index (χ0n) is 16.5. The zero-order chi connectivity index (χ0) is 20.8. The number of carbonyl (C=O) groups is 1. The lowest BCUT2D eigenvalue weighted by atomic mass is 10.2. The maximum Gasteiger partial charge on any atom is 0.324 e. The second kappa shape index (κ2) is 9.32. The predicted molar refractivity (Wildman–Crippen MR) is 115 cm³/mol. The number of nitrogens with one attached hydrogen (secondary N) is 2. The second-order valence-electron chi connectivity index (χ2n) is 7.07. The third-order valence-corrected chi connectivity index (χ3v) is 4.96. The molecule has 4 rings (SSSR count). The van der Waals surface area contributed by atoms with Crippen molar-refractivity contribution in [2.24, 2.45) is 0 Å². The van der Waals surface area contributed by atoms with Crippen molar-refractivity contribution in [3.63, 3.8) is 0 Å². The number of aromatic nitrogens is 2. The molecule has 2 heterocycles. The van der Waals surface area contributed by atoms with E-state index >= 15 is 0 Å². The van der Waals surface area contributed by atoms with Gasteiger partial charge in [0.25, 0.3) is 0 Å². The molecule has 0 saturated carbocycles. The number of benzene rings is 2. The number of para-hydroxylation sites is 1. The molecule has 30 heavy (non-hydrogen) atoms. The Balaban J connectivity index is 1.32. The van der Waals surface area contributed by atoms with Crippen LogP contribution in [0.2, 0.25) is 0 Å². The van der Waals surface area contributed by atoms with Gasteiger partial charge in [0, 0.05) is 38.8 Å². The highest BCUT2D eigenvalue weighted by Gasteiger charge is 2.19. The van der Waals surface area contributed by atoms with Crippen LogP contribution in [0.5, 0.6) is 0 Å². The Morgan fingerprint density at radius 3 is 2.43 bits per heavy atom. The fourth-order valence-corrected chi connectivity index (χ4v) is 3.40. The molecule has 0 spiro atoms. The summed E-state index contributed by atoms with van der Waals surface area (Å²) in [5.74, 6) is 0.621. The molecule has 154 valence electrons. The molecular weight excluding hydrogens is 383 g/mol. The van der Waals surface area contributed by atoms with Crippen LogP contribution in [-0.4, -0.2) is 47.1 Å². The van der Waals surface area contributed by atoms with Crippen LogP contribution in [0.15, 0.2) is 67.0 Å². The summed E-state index contributed by atoms with van der Waals surface area (Å²) < 4.78 is 13.7. The smallest absolute Gasteiger partial charge is 0.324 e. The molecule has 0 unspecified atom stereocenters. The first-order valence-corrected chi connectivity index (χ1v) is 9.83. The van der Waals surface area contributed by atoms with Crippen molar-refractivity contribution in [1.82, 2.24) is 14.9 Å².